The zero-order chi connectivity index (χ0) is 17.6. The van der Waals surface area contributed by atoms with Gasteiger partial charge in [0.1, 0.15) is 0 Å². The number of carbonyl (C=O) groups excluding carboxylic acids is 2. The standard InChI is InChI=1S/C19H19N3O2S/c20-12-14-3-1-4-15(11-14)13-21-18(23)16-6-8-22(9-7-16)19(24)17-5-2-10-25-17/h1-5,10-11,16H,6-9,13H2,(H,21,23). The molecule has 0 spiro atoms. The molecule has 0 bridgehead atoms. The SMILES string of the molecule is N#Cc1cccc(CNC(=O)C2CCN(C(=O)c3cccs3)CC2)c1. The summed E-state index contributed by atoms with van der Waals surface area (Å²) >= 11 is 1.45. The molecule has 1 aromatic heterocycles. The molecule has 1 aliphatic heterocycles. The summed E-state index contributed by atoms with van der Waals surface area (Å²) in [5.41, 5.74) is 1.50. The number of rotatable bonds is 4. The van der Waals surface area contributed by atoms with Crippen LogP contribution in [0.25, 0.3) is 0 Å². The number of nitrogens with zero attached hydrogens (tertiary/aromatic N) is 2. The van der Waals surface area contributed by atoms with Crippen LogP contribution in [0.4, 0.5) is 0 Å². The first-order chi connectivity index (χ1) is 12.2. The van der Waals surface area contributed by atoms with E-state index in [9.17, 15) is 9.59 Å². The molecule has 3 rings (SSSR count). The van der Waals surface area contributed by atoms with Crippen molar-refractivity contribution in [3.05, 3.63) is 57.8 Å². The smallest absolute Gasteiger partial charge is 0.263 e. The number of hydrogen-bond donors (Lipinski definition) is 1. The van der Waals surface area contributed by atoms with Crippen LogP contribution in [0.1, 0.15) is 33.6 Å². The molecule has 25 heavy (non-hydrogen) atoms. The van der Waals surface area contributed by atoms with Crippen LogP contribution in [0.3, 0.4) is 0 Å². The van der Waals surface area contributed by atoms with E-state index >= 15 is 0 Å². The Hall–Kier alpha value is -2.65. The monoisotopic (exact) mass is 353 g/mol. The van der Waals surface area contributed by atoms with Crippen LogP contribution in [0, 0.1) is 17.2 Å². The molecule has 6 heteroatoms. The fraction of sp³-hybridized carbons (Fsp3) is 0.316. The van der Waals surface area contributed by atoms with Crippen molar-refractivity contribution in [3.63, 3.8) is 0 Å². The Kier molecular flexibility index (Phi) is 5.46. The Labute approximate surface area is 150 Å². The van der Waals surface area contributed by atoms with Crippen molar-refractivity contribution in [2.45, 2.75) is 19.4 Å². The molecule has 1 aromatic carbocycles. The van der Waals surface area contributed by atoms with Crippen molar-refractivity contribution in [2.75, 3.05) is 13.1 Å². The summed E-state index contributed by atoms with van der Waals surface area (Å²) < 4.78 is 0. The van der Waals surface area contributed by atoms with Gasteiger partial charge in [-0.3, -0.25) is 9.59 Å². The highest BCUT2D eigenvalue weighted by atomic mass is 32.1. The third-order valence-electron chi connectivity index (χ3n) is 4.41. The van der Waals surface area contributed by atoms with Gasteiger partial charge in [-0.1, -0.05) is 18.2 Å². The molecule has 2 amide bonds. The molecule has 1 fully saturated rings. The van der Waals surface area contributed by atoms with Crippen LogP contribution < -0.4 is 5.32 Å². The number of carbonyl (C=O) groups is 2. The van der Waals surface area contributed by atoms with E-state index < -0.39 is 0 Å². The Morgan fingerprint density at radius 3 is 2.72 bits per heavy atom. The number of hydrogen-bond acceptors (Lipinski definition) is 4. The highest BCUT2D eigenvalue weighted by Gasteiger charge is 2.27. The largest absolute Gasteiger partial charge is 0.352 e. The molecule has 128 valence electrons. The van der Waals surface area contributed by atoms with Gasteiger partial charge in [-0.25, -0.2) is 0 Å². The average Bonchev–Trinajstić information content (AvgIpc) is 3.20. The second-order valence-electron chi connectivity index (χ2n) is 6.07. The number of benzene rings is 1. The molecule has 2 heterocycles. The van der Waals surface area contributed by atoms with Gasteiger partial charge in [-0.05, 0) is 42.0 Å². The predicted octanol–water partition coefficient (Wildman–Crippen LogP) is 2.79. The fourth-order valence-corrected chi connectivity index (χ4v) is 3.68. The first kappa shape index (κ1) is 17.2. The minimum absolute atomic E-state index is 0.0191. The maximum Gasteiger partial charge on any atom is 0.263 e. The molecule has 0 aliphatic carbocycles. The van der Waals surface area contributed by atoms with E-state index in [0.717, 1.165) is 10.4 Å². The lowest BCUT2D eigenvalue weighted by Crippen LogP contribution is -2.42. The minimum atomic E-state index is -0.0634. The quantitative estimate of drug-likeness (QED) is 0.918. The summed E-state index contributed by atoms with van der Waals surface area (Å²) in [4.78, 5) is 27.2. The van der Waals surface area contributed by atoms with Gasteiger partial charge in [-0.2, -0.15) is 5.26 Å². The third kappa shape index (κ3) is 4.25. The Balaban J connectivity index is 1.48. The predicted molar refractivity (Wildman–Crippen MR) is 96.0 cm³/mol. The lowest BCUT2D eigenvalue weighted by Gasteiger charge is -2.31. The zero-order valence-corrected chi connectivity index (χ0v) is 14.6. The summed E-state index contributed by atoms with van der Waals surface area (Å²) in [5, 5.41) is 13.8. The summed E-state index contributed by atoms with van der Waals surface area (Å²) in [6, 6.07) is 13.0. The van der Waals surface area contributed by atoms with Crippen molar-refractivity contribution >= 4 is 23.2 Å². The number of amides is 2. The second-order valence-corrected chi connectivity index (χ2v) is 7.02. The van der Waals surface area contributed by atoms with E-state index in [1.807, 2.05) is 34.5 Å². The molecule has 0 radical (unpaired) electrons. The number of nitrogens with one attached hydrogen (secondary N) is 1. The van der Waals surface area contributed by atoms with E-state index in [-0.39, 0.29) is 17.7 Å². The van der Waals surface area contributed by atoms with E-state index in [1.165, 1.54) is 11.3 Å². The lowest BCUT2D eigenvalue weighted by atomic mass is 9.95. The summed E-state index contributed by atoms with van der Waals surface area (Å²) in [6.07, 6.45) is 1.36. The van der Waals surface area contributed by atoms with Crippen molar-refractivity contribution in [2.24, 2.45) is 5.92 Å². The maximum absolute atomic E-state index is 12.4. The van der Waals surface area contributed by atoms with Gasteiger partial charge in [0, 0.05) is 25.6 Å². The molecule has 0 saturated carbocycles. The van der Waals surface area contributed by atoms with Gasteiger partial charge in [0.25, 0.3) is 5.91 Å². The summed E-state index contributed by atoms with van der Waals surface area (Å²) in [5.74, 6) is 0.0132. The van der Waals surface area contributed by atoms with Crippen LogP contribution >= 0.6 is 11.3 Å². The van der Waals surface area contributed by atoms with E-state index in [4.69, 9.17) is 5.26 Å². The molecular weight excluding hydrogens is 334 g/mol. The van der Waals surface area contributed by atoms with Gasteiger partial charge < -0.3 is 10.2 Å². The Morgan fingerprint density at radius 1 is 1.24 bits per heavy atom. The number of thiophene rings is 1. The van der Waals surface area contributed by atoms with Crippen molar-refractivity contribution in [3.8, 4) is 6.07 Å². The Bertz CT molecular complexity index is 787. The van der Waals surface area contributed by atoms with E-state index in [2.05, 4.69) is 11.4 Å². The van der Waals surface area contributed by atoms with Crippen LogP contribution in [-0.4, -0.2) is 29.8 Å². The normalized spacial score (nSPS) is 14.8. The van der Waals surface area contributed by atoms with E-state index in [1.54, 1.807) is 12.1 Å². The second kappa shape index (κ2) is 7.95. The van der Waals surface area contributed by atoms with Crippen LogP contribution in [0.15, 0.2) is 41.8 Å². The van der Waals surface area contributed by atoms with Gasteiger partial charge in [0.15, 0.2) is 0 Å². The number of likely N-dealkylation sites (tertiary alicyclic amines) is 1. The first-order valence-electron chi connectivity index (χ1n) is 8.27. The minimum Gasteiger partial charge on any atom is -0.352 e. The Morgan fingerprint density at radius 2 is 2.04 bits per heavy atom. The number of piperidine rings is 1. The maximum atomic E-state index is 12.4. The third-order valence-corrected chi connectivity index (χ3v) is 5.27. The average molecular weight is 353 g/mol. The van der Waals surface area contributed by atoms with Gasteiger partial charge in [0.2, 0.25) is 5.91 Å². The van der Waals surface area contributed by atoms with Crippen molar-refractivity contribution < 1.29 is 9.59 Å². The molecule has 0 atom stereocenters. The highest BCUT2D eigenvalue weighted by Crippen LogP contribution is 2.21. The fourth-order valence-electron chi connectivity index (χ4n) is 2.99. The molecular formula is C19H19N3O2S. The topological polar surface area (TPSA) is 73.2 Å². The van der Waals surface area contributed by atoms with Gasteiger partial charge >= 0.3 is 0 Å². The van der Waals surface area contributed by atoms with E-state index in [0.29, 0.717) is 38.0 Å². The lowest BCUT2D eigenvalue weighted by molar-refractivity contribution is -0.126. The molecule has 1 aliphatic rings. The summed E-state index contributed by atoms with van der Waals surface area (Å²) in [6.45, 7) is 1.64. The molecule has 1 N–H and O–H groups in total. The molecule has 1 saturated heterocycles. The molecule has 0 unspecified atom stereocenters. The zero-order valence-electron chi connectivity index (χ0n) is 13.8. The number of nitriles is 1. The van der Waals surface area contributed by atoms with Gasteiger partial charge in [-0.15, -0.1) is 11.3 Å². The van der Waals surface area contributed by atoms with Crippen LogP contribution in [0.2, 0.25) is 0 Å². The van der Waals surface area contributed by atoms with Crippen LogP contribution in [0.5, 0.6) is 0 Å². The van der Waals surface area contributed by atoms with Gasteiger partial charge in [0.05, 0.1) is 16.5 Å². The van der Waals surface area contributed by atoms with Crippen LogP contribution in [-0.2, 0) is 11.3 Å². The van der Waals surface area contributed by atoms with Crippen molar-refractivity contribution in [1.82, 2.24) is 10.2 Å². The summed E-state index contributed by atoms with van der Waals surface area (Å²) in [7, 11) is 0. The van der Waals surface area contributed by atoms with Crippen molar-refractivity contribution in [1.29, 1.82) is 5.26 Å². The molecule has 2 aromatic rings. The first-order valence-corrected chi connectivity index (χ1v) is 9.15. The molecule has 5 nitrogen and oxygen atoms in total. The highest BCUT2D eigenvalue weighted by molar-refractivity contribution is 7.12.